The molecule has 2 rings (SSSR count). The number of hydrogen-bond donors (Lipinski definition) is 0. The van der Waals surface area contributed by atoms with Crippen LogP contribution in [0.5, 0.6) is 0 Å². The third-order valence-corrected chi connectivity index (χ3v) is 6.44. The minimum Gasteiger partial charge on any atom is -0.748 e. The zero-order chi connectivity index (χ0) is 12.4. The SMILES string of the molecule is CC1(C)C2CCC1(CS(=O)(=O)[O-])C(=O)C2Br.[Li+]. The van der Waals surface area contributed by atoms with Crippen molar-refractivity contribution in [2.45, 2.75) is 31.5 Å². The number of carbonyl (C=O) groups excluding carboxylic acids is 1. The van der Waals surface area contributed by atoms with Gasteiger partial charge in [-0.3, -0.25) is 4.79 Å². The molecule has 3 unspecified atom stereocenters. The van der Waals surface area contributed by atoms with E-state index in [9.17, 15) is 17.8 Å². The molecule has 0 aromatic rings. The van der Waals surface area contributed by atoms with Gasteiger partial charge in [-0.25, -0.2) is 8.42 Å². The van der Waals surface area contributed by atoms with Crippen molar-refractivity contribution in [3.05, 3.63) is 0 Å². The molecule has 0 aromatic heterocycles. The number of halogens is 1. The van der Waals surface area contributed by atoms with Gasteiger partial charge in [0.15, 0.2) is 5.78 Å². The molecule has 2 bridgehead atoms. The van der Waals surface area contributed by atoms with Gasteiger partial charge in [0.1, 0.15) is 0 Å². The summed E-state index contributed by atoms with van der Waals surface area (Å²) in [6.45, 7) is 3.80. The maximum Gasteiger partial charge on any atom is 1.00 e. The standard InChI is InChI=1S/C10H15BrO4S.Li/c1-9(2)6-3-4-10(9,5-16(13,14)15)8(12)7(6)11;/h6-7H,3-5H2,1-2H3,(H,13,14,15);/q;+1/p-1. The van der Waals surface area contributed by atoms with E-state index in [0.29, 0.717) is 6.42 Å². The fourth-order valence-electron chi connectivity index (χ4n) is 3.47. The van der Waals surface area contributed by atoms with E-state index in [2.05, 4.69) is 15.9 Å². The maximum atomic E-state index is 12.1. The zero-order valence-electron chi connectivity index (χ0n) is 10.2. The summed E-state index contributed by atoms with van der Waals surface area (Å²) in [4.78, 5) is 11.8. The molecule has 0 spiro atoms. The summed E-state index contributed by atoms with van der Waals surface area (Å²) in [7, 11) is -4.37. The summed E-state index contributed by atoms with van der Waals surface area (Å²) in [6.07, 6.45) is 1.33. The average Bonchev–Trinajstić information content (AvgIpc) is 2.39. The minimum absolute atomic E-state index is 0. The second kappa shape index (κ2) is 4.34. The molecule has 2 saturated carbocycles. The summed E-state index contributed by atoms with van der Waals surface area (Å²) in [6, 6.07) is 0. The van der Waals surface area contributed by atoms with Crippen molar-refractivity contribution in [2.75, 3.05) is 5.75 Å². The number of rotatable bonds is 2. The number of carbonyl (C=O) groups is 1. The zero-order valence-corrected chi connectivity index (χ0v) is 12.6. The largest absolute Gasteiger partial charge is 1.00 e. The van der Waals surface area contributed by atoms with Crippen LogP contribution in [-0.2, 0) is 14.9 Å². The Morgan fingerprint density at radius 2 is 2.00 bits per heavy atom. The second-order valence-corrected chi connectivity index (χ2v) is 7.81. The van der Waals surface area contributed by atoms with Crippen LogP contribution in [0.1, 0.15) is 26.7 Å². The summed E-state index contributed by atoms with van der Waals surface area (Å²) in [5, 5.41) is 0. The quantitative estimate of drug-likeness (QED) is 0.346. The summed E-state index contributed by atoms with van der Waals surface area (Å²) in [5.41, 5.74) is -1.37. The van der Waals surface area contributed by atoms with Gasteiger partial charge in [0, 0.05) is 5.41 Å². The molecule has 4 nitrogen and oxygen atoms in total. The molecule has 3 atom stereocenters. The van der Waals surface area contributed by atoms with Crippen LogP contribution in [0, 0.1) is 16.7 Å². The Hall–Kier alpha value is 0.657. The molecule has 0 heterocycles. The van der Waals surface area contributed by atoms with E-state index in [4.69, 9.17) is 0 Å². The molecule has 92 valence electrons. The van der Waals surface area contributed by atoms with E-state index in [1.54, 1.807) is 0 Å². The van der Waals surface area contributed by atoms with Crippen molar-refractivity contribution in [1.82, 2.24) is 0 Å². The van der Waals surface area contributed by atoms with Crippen LogP contribution in [0.2, 0.25) is 0 Å². The molecular weight excluding hydrogens is 303 g/mol. The third kappa shape index (κ3) is 2.06. The first-order valence-electron chi connectivity index (χ1n) is 5.24. The molecule has 0 N–H and O–H groups in total. The normalized spacial score (nSPS) is 39.2. The van der Waals surface area contributed by atoms with Crippen LogP contribution in [0.25, 0.3) is 0 Å². The molecule has 0 aliphatic heterocycles. The van der Waals surface area contributed by atoms with Gasteiger partial charge in [0.2, 0.25) is 0 Å². The number of Topliss-reactive ketones (excluding diaryl/α,β-unsaturated/α-hetero) is 1. The van der Waals surface area contributed by atoms with E-state index in [1.165, 1.54) is 0 Å². The molecule has 0 amide bonds. The van der Waals surface area contributed by atoms with Gasteiger partial charge in [0.25, 0.3) is 0 Å². The van der Waals surface area contributed by atoms with Crippen molar-refractivity contribution in [1.29, 1.82) is 0 Å². The van der Waals surface area contributed by atoms with Crippen molar-refractivity contribution >= 4 is 31.8 Å². The first-order valence-corrected chi connectivity index (χ1v) is 7.73. The van der Waals surface area contributed by atoms with Gasteiger partial charge in [-0.05, 0) is 24.2 Å². The number of hydrogen-bond acceptors (Lipinski definition) is 4. The Morgan fingerprint density at radius 3 is 2.35 bits per heavy atom. The van der Waals surface area contributed by atoms with E-state index in [-0.39, 0.29) is 35.4 Å². The van der Waals surface area contributed by atoms with Gasteiger partial charge in [-0.1, -0.05) is 29.8 Å². The number of ketones is 1. The predicted molar refractivity (Wildman–Crippen MR) is 61.2 cm³/mol. The number of fused-ring (bicyclic) bond motifs is 2. The Bertz CT molecular complexity index is 447. The van der Waals surface area contributed by atoms with Gasteiger partial charge in [-0.2, -0.15) is 0 Å². The number of alkyl halides is 1. The minimum atomic E-state index is -4.37. The Labute approximate surface area is 122 Å². The van der Waals surface area contributed by atoms with Crippen molar-refractivity contribution in [3.8, 4) is 0 Å². The van der Waals surface area contributed by atoms with E-state index in [0.717, 1.165) is 6.42 Å². The van der Waals surface area contributed by atoms with Gasteiger partial charge in [0.05, 0.1) is 20.7 Å². The molecule has 7 heteroatoms. The van der Waals surface area contributed by atoms with Crippen molar-refractivity contribution in [3.63, 3.8) is 0 Å². The molecule has 0 aromatic carbocycles. The van der Waals surface area contributed by atoms with Crippen molar-refractivity contribution < 1.29 is 36.6 Å². The molecule has 2 aliphatic carbocycles. The maximum absolute atomic E-state index is 12.1. The van der Waals surface area contributed by atoms with Crippen molar-refractivity contribution in [2.24, 2.45) is 16.7 Å². The third-order valence-electron chi connectivity index (χ3n) is 4.54. The molecule has 2 fully saturated rings. The molecule has 2 aliphatic rings. The Balaban J connectivity index is 0.00000144. The molecular formula is C10H14BrLiO4S. The van der Waals surface area contributed by atoms with Crippen LogP contribution in [0.3, 0.4) is 0 Å². The first-order chi connectivity index (χ1) is 7.12. The first kappa shape index (κ1) is 15.7. The van der Waals surface area contributed by atoms with E-state index >= 15 is 0 Å². The van der Waals surface area contributed by atoms with Gasteiger partial charge >= 0.3 is 18.9 Å². The van der Waals surface area contributed by atoms with E-state index in [1.807, 2.05) is 13.8 Å². The van der Waals surface area contributed by atoms with Crippen LogP contribution < -0.4 is 18.9 Å². The fraction of sp³-hybridized carbons (Fsp3) is 0.900. The molecule has 0 radical (unpaired) electrons. The van der Waals surface area contributed by atoms with Gasteiger partial charge < -0.3 is 4.55 Å². The monoisotopic (exact) mass is 316 g/mol. The van der Waals surface area contributed by atoms with Crippen LogP contribution >= 0.6 is 15.9 Å². The average molecular weight is 317 g/mol. The van der Waals surface area contributed by atoms with Crippen LogP contribution in [0.4, 0.5) is 0 Å². The van der Waals surface area contributed by atoms with Crippen LogP contribution in [0.15, 0.2) is 0 Å². The van der Waals surface area contributed by atoms with Gasteiger partial charge in [-0.15, -0.1) is 0 Å². The molecule has 17 heavy (non-hydrogen) atoms. The second-order valence-electron chi connectivity index (χ2n) is 5.42. The molecule has 0 saturated heterocycles. The Kier molecular flexibility index (Phi) is 4.02. The fourth-order valence-corrected chi connectivity index (χ4v) is 6.10. The van der Waals surface area contributed by atoms with Crippen LogP contribution in [-0.4, -0.2) is 29.3 Å². The summed E-state index contributed by atoms with van der Waals surface area (Å²) in [5.74, 6) is -0.514. The van der Waals surface area contributed by atoms with E-state index < -0.39 is 26.7 Å². The topological polar surface area (TPSA) is 74.3 Å². The Morgan fingerprint density at radius 1 is 1.47 bits per heavy atom. The summed E-state index contributed by atoms with van der Waals surface area (Å²) >= 11 is 3.33. The summed E-state index contributed by atoms with van der Waals surface area (Å²) < 4.78 is 33.0. The smallest absolute Gasteiger partial charge is 0.748 e. The predicted octanol–water partition coefficient (Wildman–Crippen LogP) is -1.70.